The average Bonchev–Trinajstić information content (AvgIpc) is 3.01. The maximum Gasteiger partial charge on any atom is 0.318 e. The molecule has 0 aliphatic carbocycles. The van der Waals surface area contributed by atoms with Crippen molar-refractivity contribution >= 4 is 11.2 Å². The predicted molar refractivity (Wildman–Crippen MR) is 139 cm³/mol. The number of halogens is 1. The molecule has 3 atom stereocenters. The summed E-state index contributed by atoms with van der Waals surface area (Å²) in [4.78, 5) is 25.7. The zero-order valence-electron chi connectivity index (χ0n) is 21.6. The molecule has 7 rings (SSSR count). The number of hydrogen-bond acceptors (Lipinski definition) is 7. The van der Waals surface area contributed by atoms with Gasteiger partial charge in [-0.2, -0.15) is 9.97 Å². The first-order valence-electron chi connectivity index (χ1n) is 13.2. The molecule has 0 N–H and O–H groups in total. The molecule has 3 unspecified atom stereocenters. The summed E-state index contributed by atoms with van der Waals surface area (Å²) in [6.07, 6.45) is 6.65. The lowest BCUT2D eigenvalue weighted by atomic mass is 9.82. The van der Waals surface area contributed by atoms with Gasteiger partial charge in [0.15, 0.2) is 5.65 Å². The maximum atomic E-state index is 14.1. The number of imidazole rings is 1. The molecule has 7 heterocycles. The van der Waals surface area contributed by atoms with Crippen molar-refractivity contribution in [3.8, 4) is 17.4 Å². The first-order valence-corrected chi connectivity index (χ1v) is 13.2. The summed E-state index contributed by atoms with van der Waals surface area (Å²) in [7, 11) is 0. The highest BCUT2D eigenvalue weighted by atomic mass is 19.1. The van der Waals surface area contributed by atoms with Gasteiger partial charge in [-0.15, -0.1) is 0 Å². The van der Waals surface area contributed by atoms with Gasteiger partial charge in [-0.05, 0) is 76.7 Å². The van der Waals surface area contributed by atoms with E-state index < -0.39 is 5.82 Å². The third-order valence-corrected chi connectivity index (χ3v) is 7.80. The molecule has 9 heteroatoms. The van der Waals surface area contributed by atoms with Crippen LogP contribution < -0.4 is 4.74 Å². The van der Waals surface area contributed by atoms with E-state index in [1.807, 2.05) is 18.4 Å². The Balaban J connectivity index is 1.41. The largest absolute Gasteiger partial charge is 0.464 e. The Morgan fingerprint density at radius 1 is 1.03 bits per heavy atom. The number of fused-ring (bicyclic) bond motifs is 5. The van der Waals surface area contributed by atoms with Crippen LogP contribution >= 0.6 is 0 Å². The van der Waals surface area contributed by atoms with E-state index in [0.717, 1.165) is 23.7 Å². The number of nitrogens with zero attached hydrogens (tertiary/aromatic N) is 7. The van der Waals surface area contributed by atoms with Crippen LogP contribution in [0.5, 0.6) is 6.01 Å². The fourth-order valence-electron chi connectivity index (χ4n) is 5.89. The minimum atomic E-state index is -0.412. The Labute approximate surface area is 216 Å². The van der Waals surface area contributed by atoms with Crippen LogP contribution in [0.3, 0.4) is 0 Å². The summed E-state index contributed by atoms with van der Waals surface area (Å²) in [5.74, 6) is 1.39. The first kappa shape index (κ1) is 23.9. The minimum Gasteiger partial charge on any atom is -0.464 e. The maximum absolute atomic E-state index is 14.1. The third-order valence-electron chi connectivity index (χ3n) is 7.80. The van der Waals surface area contributed by atoms with Crippen LogP contribution in [0.15, 0.2) is 30.6 Å². The topological polar surface area (TPSA) is 81.9 Å². The molecular weight excluding hydrogens is 469 g/mol. The lowest BCUT2D eigenvalue weighted by Crippen LogP contribution is -2.36. The molecule has 0 amide bonds. The number of piperidine rings is 1. The number of pyridine rings is 2. The number of aromatic nitrogens is 6. The molecule has 0 aromatic carbocycles. The number of rotatable bonds is 6. The molecule has 37 heavy (non-hydrogen) atoms. The van der Waals surface area contributed by atoms with E-state index in [4.69, 9.17) is 14.7 Å². The second-order valence-corrected chi connectivity index (χ2v) is 10.2. The van der Waals surface area contributed by atoms with E-state index in [-0.39, 0.29) is 0 Å². The van der Waals surface area contributed by atoms with Crippen molar-refractivity contribution in [1.82, 2.24) is 34.4 Å². The summed E-state index contributed by atoms with van der Waals surface area (Å²) in [5, 5.41) is 0. The SMILES string of the molecule is CCOc1nc(C)c2nc(-c3cncc(F)c3)n(Cc3ccc(C4CN5CCCC4CC5)nc3C)c2n1. The van der Waals surface area contributed by atoms with Crippen LogP contribution in [-0.4, -0.2) is 60.6 Å². The molecule has 192 valence electrons. The fraction of sp³-hybridized carbons (Fsp3) is 0.464. The van der Waals surface area contributed by atoms with Crippen molar-refractivity contribution in [3.05, 3.63) is 59.1 Å². The van der Waals surface area contributed by atoms with Gasteiger partial charge in [-0.1, -0.05) is 6.07 Å². The highest BCUT2D eigenvalue weighted by molar-refractivity contribution is 5.79. The standard InChI is InChI=1S/C28H32FN7O/c1-4-37-28-32-18(3)25-27(34-28)36(26(33-25)21-12-22(29)14-30-13-21)15-20-7-8-24(31-17(20)2)23-16-35-10-5-6-19(23)9-11-35/h7-8,12-14,19,23H,4-6,9-11,15-16H2,1-3H3. The van der Waals surface area contributed by atoms with Gasteiger partial charge in [0.1, 0.15) is 17.2 Å². The lowest BCUT2D eigenvalue weighted by molar-refractivity contribution is 0.194. The molecule has 3 saturated heterocycles. The van der Waals surface area contributed by atoms with Crippen molar-refractivity contribution in [2.75, 3.05) is 26.2 Å². The summed E-state index contributed by atoms with van der Waals surface area (Å²) < 4.78 is 21.7. The van der Waals surface area contributed by atoms with Crippen molar-refractivity contribution in [3.63, 3.8) is 0 Å². The van der Waals surface area contributed by atoms with E-state index in [0.29, 0.717) is 53.3 Å². The summed E-state index contributed by atoms with van der Waals surface area (Å²) in [6, 6.07) is 6.13. The van der Waals surface area contributed by atoms with Crippen LogP contribution in [0.1, 0.15) is 54.7 Å². The number of ether oxygens (including phenoxy) is 1. The van der Waals surface area contributed by atoms with Gasteiger partial charge < -0.3 is 14.2 Å². The van der Waals surface area contributed by atoms with E-state index >= 15 is 0 Å². The monoisotopic (exact) mass is 501 g/mol. The molecule has 3 aliphatic heterocycles. The van der Waals surface area contributed by atoms with Gasteiger partial charge in [0, 0.05) is 35.6 Å². The molecule has 4 aromatic rings. The summed E-state index contributed by atoms with van der Waals surface area (Å²) in [5.41, 5.74) is 5.86. The lowest BCUT2D eigenvalue weighted by Gasteiger charge is -2.34. The normalized spacial score (nSPS) is 21.4. The molecule has 2 bridgehead atoms. The van der Waals surface area contributed by atoms with Crippen LogP contribution in [0.2, 0.25) is 0 Å². The van der Waals surface area contributed by atoms with Crippen molar-refractivity contribution in [2.45, 2.75) is 52.5 Å². The third kappa shape index (κ3) is 4.56. The van der Waals surface area contributed by atoms with Crippen molar-refractivity contribution in [2.24, 2.45) is 5.92 Å². The average molecular weight is 502 g/mol. The van der Waals surface area contributed by atoms with Crippen LogP contribution in [0, 0.1) is 25.6 Å². The van der Waals surface area contributed by atoms with Crippen molar-refractivity contribution in [1.29, 1.82) is 0 Å². The Morgan fingerprint density at radius 3 is 2.73 bits per heavy atom. The number of aryl methyl sites for hydroxylation is 2. The Bertz CT molecular complexity index is 1450. The second kappa shape index (κ2) is 9.78. The van der Waals surface area contributed by atoms with Gasteiger partial charge in [0.25, 0.3) is 0 Å². The molecule has 0 radical (unpaired) electrons. The van der Waals surface area contributed by atoms with Crippen LogP contribution in [-0.2, 0) is 6.54 Å². The molecule has 4 aromatic heterocycles. The van der Waals surface area contributed by atoms with Gasteiger partial charge in [0.05, 0.1) is 25.0 Å². The van der Waals surface area contributed by atoms with Crippen LogP contribution in [0.25, 0.3) is 22.6 Å². The zero-order chi connectivity index (χ0) is 25.5. The summed E-state index contributed by atoms with van der Waals surface area (Å²) >= 11 is 0. The fourth-order valence-corrected chi connectivity index (χ4v) is 5.89. The van der Waals surface area contributed by atoms with Gasteiger partial charge in [0.2, 0.25) is 0 Å². The Kier molecular flexibility index (Phi) is 6.32. The number of hydrogen-bond donors (Lipinski definition) is 0. The molecule has 3 fully saturated rings. The predicted octanol–water partition coefficient (Wildman–Crippen LogP) is 4.69. The van der Waals surface area contributed by atoms with E-state index in [1.54, 1.807) is 6.20 Å². The molecule has 0 spiro atoms. The van der Waals surface area contributed by atoms with Gasteiger partial charge >= 0.3 is 6.01 Å². The molecule has 0 saturated carbocycles. The quantitative estimate of drug-likeness (QED) is 0.379. The highest BCUT2D eigenvalue weighted by Crippen LogP contribution is 2.38. The summed E-state index contributed by atoms with van der Waals surface area (Å²) in [6.45, 7) is 10.3. The smallest absolute Gasteiger partial charge is 0.318 e. The second-order valence-electron chi connectivity index (χ2n) is 10.2. The van der Waals surface area contributed by atoms with E-state index in [2.05, 4.69) is 38.9 Å². The van der Waals surface area contributed by atoms with Crippen molar-refractivity contribution < 1.29 is 9.13 Å². The van der Waals surface area contributed by atoms with E-state index in [9.17, 15) is 4.39 Å². The Morgan fingerprint density at radius 2 is 1.92 bits per heavy atom. The zero-order valence-corrected chi connectivity index (χ0v) is 21.6. The van der Waals surface area contributed by atoms with Gasteiger partial charge in [-0.3, -0.25) is 9.97 Å². The molecule has 8 nitrogen and oxygen atoms in total. The minimum absolute atomic E-state index is 0.307. The van der Waals surface area contributed by atoms with Gasteiger partial charge in [-0.25, -0.2) is 9.37 Å². The molecule has 3 aliphatic rings. The molecular formula is C28H32FN7O. The van der Waals surface area contributed by atoms with Crippen LogP contribution in [0.4, 0.5) is 4.39 Å². The van der Waals surface area contributed by atoms with E-state index in [1.165, 1.54) is 50.3 Å². The first-order chi connectivity index (χ1) is 18.0. The highest BCUT2D eigenvalue weighted by Gasteiger charge is 2.33. The Hall–Kier alpha value is -3.46.